The van der Waals surface area contributed by atoms with Gasteiger partial charge in [-0.05, 0) is 54.0 Å². The molecule has 1 heterocycles. The molecular formula is C14H15BrN2O. The molecule has 2 aromatic rings. The Morgan fingerprint density at radius 3 is 2.61 bits per heavy atom. The molecule has 94 valence electrons. The molecule has 1 N–H and O–H groups in total. The number of halogens is 1. The third kappa shape index (κ3) is 3.47. The first-order valence-corrected chi connectivity index (χ1v) is 6.59. The van der Waals surface area contributed by atoms with Crippen molar-refractivity contribution in [3.63, 3.8) is 0 Å². The fourth-order valence-electron chi connectivity index (χ4n) is 1.51. The van der Waals surface area contributed by atoms with E-state index in [9.17, 15) is 0 Å². The van der Waals surface area contributed by atoms with Crippen molar-refractivity contribution in [2.24, 2.45) is 0 Å². The molecule has 0 unspecified atom stereocenters. The van der Waals surface area contributed by atoms with Crippen molar-refractivity contribution >= 4 is 27.4 Å². The summed E-state index contributed by atoms with van der Waals surface area (Å²) in [6, 6.07) is 11.7. The number of pyridine rings is 1. The summed E-state index contributed by atoms with van der Waals surface area (Å²) in [4.78, 5) is 4.28. The second-order valence-electron chi connectivity index (χ2n) is 4.15. The topological polar surface area (TPSA) is 34.1 Å². The Labute approximate surface area is 115 Å². The highest BCUT2D eigenvalue weighted by molar-refractivity contribution is 9.10. The van der Waals surface area contributed by atoms with Gasteiger partial charge in [0.05, 0.1) is 11.8 Å². The van der Waals surface area contributed by atoms with E-state index in [2.05, 4.69) is 26.2 Å². The molecule has 0 aliphatic rings. The van der Waals surface area contributed by atoms with Gasteiger partial charge in [0.15, 0.2) is 0 Å². The summed E-state index contributed by atoms with van der Waals surface area (Å²) in [5.74, 6) is 1.62. The lowest BCUT2D eigenvalue weighted by molar-refractivity contribution is 0.244. The number of rotatable bonds is 4. The van der Waals surface area contributed by atoms with Crippen LogP contribution >= 0.6 is 15.9 Å². The fraction of sp³-hybridized carbons (Fsp3) is 0.214. The predicted octanol–water partition coefficient (Wildman–Crippen LogP) is 4.37. The first-order chi connectivity index (χ1) is 8.65. The number of hydrogen-bond donors (Lipinski definition) is 1. The average molecular weight is 307 g/mol. The smallest absolute Gasteiger partial charge is 0.143 e. The van der Waals surface area contributed by atoms with Crippen LogP contribution in [-0.4, -0.2) is 11.1 Å². The molecule has 3 nitrogen and oxygen atoms in total. The molecule has 1 aromatic heterocycles. The van der Waals surface area contributed by atoms with Crippen LogP contribution in [0.4, 0.5) is 11.5 Å². The number of nitrogens with one attached hydrogen (secondary N) is 1. The number of aromatic nitrogens is 1. The van der Waals surface area contributed by atoms with E-state index in [-0.39, 0.29) is 6.10 Å². The second kappa shape index (κ2) is 5.87. The van der Waals surface area contributed by atoms with Crippen molar-refractivity contribution in [2.75, 3.05) is 5.32 Å². The van der Waals surface area contributed by atoms with Crippen LogP contribution < -0.4 is 10.1 Å². The molecule has 18 heavy (non-hydrogen) atoms. The highest BCUT2D eigenvalue weighted by atomic mass is 79.9. The summed E-state index contributed by atoms with van der Waals surface area (Å²) in [7, 11) is 0. The minimum absolute atomic E-state index is 0.144. The van der Waals surface area contributed by atoms with Gasteiger partial charge in [0.2, 0.25) is 0 Å². The van der Waals surface area contributed by atoms with Crippen LogP contribution in [0.5, 0.6) is 5.75 Å². The SMILES string of the molecule is CC(C)Oc1ccccc1Nc1ccc(Br)cn1. The summed E-state index contributed by atoms with van der Waals surface area (Å²) in [6.45, 7) is 4.02. The second-order valence-corrected chi connectivity index (χ2v) is 5.07. The molecule has 0 fully saturated rings. The molecule has 0 amide bonds. The Bertz CT molecular complexity index is 511. The first kappa shape index (κ1) is 12.9. The van der Waals surface area contributed by atoms with Crippen molar-refractivity contribution in [2.45, 2.75) is 20.0 Å². The van der Waals surface area contributed by atoms with Crippen molar-refractivity contribution < 1.29 is 4.74 Å². The van der Waals surface area contributed by atoms with Crippen LogP contribution in [0.25, 0.3) is 0 Å². The number of para-hydroxylation sites is 2. The summed E-state index contributed by atoms with van der Waals surface area (Å²) in [5, 5.41) is 3.25. The van der Waals surface area contributed by atoms with Gasteiger partial charge < -0.3 is 10.1 Å². The number of hydrogen-bond acceptors (Lipinski definition) is 3. The molecular weight excluding hydrogens is 292 g/mol. The van der Waals surface area contributed by atoms with Gasteiger partial charge in [0.25, 0.3) is 0 Å². The average Bonchev–Trinajstić information content (AvgIpc) is 2.34. The number of anilines is 2. The zero-order valence-electron chi connectivity index (χ0n) is 10.4. The molecule has 4 heteroatoms. The van der Waals surface area contributed by atoms with Gasteiger partial charge in [-0.3, -0.25) is 0 Å². The lowest BCUT2D eigenvalue weighted by atomic mass is 10.3. The third-order valence-electron chi connectivity index (χ3n) is 2.24. The lowest BCUT2D eigenvalue weighted by Crippen LogP contribution is -2.07. The molecule has 0 aliphatic carbocycles. The molecule has 0 atom stereocenters. The largest absolute Gasteiger partial charge is 0.489 e. The minimum Gasteiger partial charge on any atom is -0.489 e. The fourth-order valence-corrected chi connectivity index (χ4v) is 1.75. The van der Waals surface area contributed by atoms with Crippen LogP contribution in [0.2, 0.25) is 0 Å². The molecule has 0 bridgehead atoms. The van der Waals surface area contributed by atoms with Gasteiger partial charge >= 0.3 is 0 Å². The maximum atomic E-state index is 5.74. The van der Waals surface area contributed by atoms with Crippen LogP contribution in [0, 0.1) is 0 Å². The van der Waals surface area contributed by atoms with Crippen LogP contribution in [-0.2, 0) is 0 Å². The van der Waals surface area contributed by atoms with E-state index in [0.717, 1.165) is 21.7 Å². The van der Waals surface area contributed by atoms with Crippen molar-refractivity contribution in [3.8, 4) is 5.75 Å². The van der Waals surface area contributed by atoms with Gasteiger partial charge in [-0.1, -0.05) is 12.1 Å². The van der Waals surface area contributed by atoms with E-state index < -0.39 is 0 Å². The van der Waals surface area contributed by atoms with Gasteiger partial charge in [-0.15, -0.1) is 0 Å². The maximum absolute atomic E-state index is 5.74. The summed E-state index contributed by atoms with van der Waals surface area (Å²) < 4.78 is 6.70. The Balaban J connectivity index is 2.20. The standard InChI is InChI=1S/C14H15BrN2O/c1-10(2)18-13-6-4-3-5-12(13)17-14-8-7-11(15)9-16-14/h3-10H,1-2H3,(H,16,17). The Morgan fingerprint density at radius 2 is 1.94 bits per heavy atom. The van der Waals surface area contributed by atoms with E-state index in [4.69, 9.17) is 4.74 Å². The van der Waals surface area contributed by atoms with Gasteiger partial charge in [0, 0.05) is 10.7 Å². The van der Waals surface area contributed by atoms with Crippen molar-refractivity contribution in [3.05, 3.63) is 47.1 Å². The van der Waals surface area contributed by atoms with E-state index in [0.29, 0.717) is 0 Å². The number of benzene rings is 1. The van der Waals surface area contributed by atoms with E-state index >= 15 is 0 Å². The molecule has 2 rings (SSSR count). The Hall–Kier alpha value is -1.55. The van der Waals surface area contributed by atoms with Crippen molar-refractivity contribution in [1.29, 1.82) is 0 Å². The zero-order chi connectivity index (χ0) is 13.0. The summed E-state index contributed by atoms with van der Waals surface area (Å²) in [5.41, 5.74) is 0.918. The molecule has 0 spiro atoms. The highest BCUT2D eigenvalue weighted by Crippen LogP contribution is 2.27. The van der Waals surface area contributed by atoms with Crippen molar-refractivity contribution in [1.82, 2.24) is 4.98 Å². The van der Waals surface area contributed by atoms with Crippen LogP contribution in [0.15, 0.2) is 47.1 Å². The van der Waals surface area contributed by atoms with Gasteiger partial charge in [-0.2, -0.15) is 0 Å². The summed E-state index contributed by atoms with van der Waals surface area (Å²) in [6.07, 6.45) is 1.90. The monoisotopic (exact) mass is 306 g/mol. The van der Waals surface area contributed by atoms with E-state index in [1.165, 1.54) is 0 Å². The van der Waals surface area contributed by atoms with E-state index in [1.54, 1.807) is 6.20 Å². The van der Waals surface area contributed by atoms with Gasteiger partial charge in [0.1, 0.15) is 11.6 Å². The maximum Gasteiger partial charge on any atom is 0.143 e. The summed E-state index contributed by atoms with van der Waals surface area (Å²) >= 11 is 3.36. The molecule has 0 saturated heterocycles. The third-order valence-corrected chi connectivity index (χ3v) is 2.71. The molecule has 0 saturated carbocycles. The number of ether oxygens (including phenoxy) is 1. The highest BCUT2D eigenvalue weighted by Gasteiger charge is 2.05. The van der Waals surface area contributed by atoms with Crippen LogP contribution in [0.3, 0.4) is 0 Å². The zero-order valence-corrected chi connectivity index (χ0v) is 11.9. The first-order valence-electron chi connectivity index (χ1n) is 5.79. The Morgan fingerprint density at radius 1 is 1.17 bits per heavy atom. The minimum atomic E-state index is 0.144. The molecule has 1 aromatic carbocycles. The predicted molar refractivity (Wildman–Crippen MR) is 77.4 cm³/mol. The lowest BCUT2D eigenvalue weighted by Gasteiger charge is -2.15. The van der Waals surface area contributed by atoms with Gasteiger partial charge in [-0.25, -0.2) is 4.98 Å². The Kier molecular flexibility index (Phi) is 4.20. The quantitative estimate of drug-likeness (QED) is 0.910. The normalized spacial score (nSPS) is 10.4. The van der Waals surface area contributed by atoms with Crippen LogP contribution in [0.1, 0.15) is 13.8 Å². The molecule has 0 radical (unpaired) electrons. The number of nitrogens with zero attached hydrogens (tertiary/aromatic N) is 1. The molecule has 0 aliphatic heterocycles. The van der Waals surface area contributed by atoms with E-state index in [1.807, 2.05) is 50.2 Å².